The fourth-order valence-corrected chi connectivity index (χ4v) is 3.39. The van der Waals surface area contributed by atoms with Crippen molar-refractivity contribution in [2.75, 3.05) is 18.0 Å². The summed E-state index contributed by atoms with van der Waals surface area (Å²) in [6.07, 6.45) is 1.42. The quantitative estimate of drug-likeness (QED) is 0.752. The van der Waals surface area contributed by atoms with Crippen molar-refractivity contribution in [1.29, 1.82) is 0 Å². The van der Waals surface area contributed by atoms with Gasteiger partial charge >= 0.3 is 0 Å². The van der Waals surface area contributed by atoms with E-state index in [0.29, 0.717) is 17.9 Å². The van der Waals surface area contributed by atoms with Crippen molar-refractivity contribution >= 4 is 16.7 Å². The van der Waals surface area contributed by atoms with E-state index < -0.39 is 0 Å². The van der Waals surface area contributed by atoms with Gasteiger partial charge < -0.3 is 15.1 Å². The Hall–Kier alpha value is -2.66. The van der Waals surface area contributed by atoms with Crippen molar-refractivity contribution in [3.05, 3.63) is 48.0 Å². The van der Waals surface area contributed by atoms with E-state index >= 15 is 0 Å². The highest BCUT2D eigenvalue weighted by molar-refractivity contribution is 5.92. The number of benzene rings is 2. The molecular formula is C20H21N3O2. The second-order valence-corrected chi connectivity index (χ2v) is 6.65. The molecule has 0 saturated carbocycles. The van der Waals surface area contributed by atoms with E-state index in [1.807, 2.05) is 31.2 Å². The van der Waals surface area contributed by atoms with Crippen LogP contribution in [0.5, 0.6) is 5.75 Å². The van der Waals surface area contributed by atoms with Crippen LogP contribution in [0.2, 0.25) is 0 Å². The predicted molar refractivity (Wildman–Crippen MR) is 98.8 cm³/mol. The zero-order valence-electron chi connectivity index (χ0n) is 14.2. The lowest BCUT2D eigenvalue weighted by Gasteiger charge is -2.32. The van der Waals surface area contributed by atoms with Gasteiger partial charge in [0.05, 0.1) is 17.2 Å². The van der Waals surface area contributed by atoms with Crippen LogP contribution in [0.1, 0.15) is 18.4 Å². The molecule has 1 atom stereocenters. The standard InChI is InChI=1S/C20H21N3O2/c1-13-8-9-15-17(11-13)21-19(16-6-2-3-7-18(16)25)22-20(15)23-10-4-5-14(24)12-23/h2-3,6-9,11,14,24-25H,4-5,10,12H2,1H3. The minimum Gasteiger partial charge on any atom is -0.507 e. The molecule has 25 heavy (non-hydrogen) atoms. The highest BCUT2D eigenvalue weighted by Gasteiger charge is 2.22. The normalized spacial score (nSPS) is 17.8. The molecule has 128 valence electrons. The summed E-state index contributed by atoms with van der Waals surface area (Å²) in [5, 5.41) is 21.2. The highest BCUT2D eigenvalue weighted by atomic mass is 16.3. The van der Waals surface area contributed by atoms with Crippen molar-refractivity contribution in [3.63, 3.8) is 0 Å². The molecule has 4 rings (SSSR count). The lowest BCUT2D eigenvalue weighted by Crippen LogP contribution is -2.38. The molecule has 2 aromatic carbocycles. The van der Waals surface area contributed by atoms with Crippen LogP contribution in [0.4, 0.5) is 5.82 Å². The number of aromatic hydroxyl groups is 1. The fraction of sp³-hybridized carbons (Fsp3) is 0.300. The number of aliphatic hydroxyl groups excluding tert-OH is 1. The SMILES string of the molecule is Cc1ccc2c(N3CCCC(O)C3)nc(-c3ccccc3O)nc2c1. The summed E-state index contributed by atoms with van der Waals surface area (Å²) in [5.74, 6) is 1.49. The van der Waals surface area contributed by atoms with E-state index in [1.54, 1.807) is 12.1 Å². The zero-order chi connectivity index (χ0) is 17.4. The number of aryl methyl sites for hydroxylation is 1. The topological polar surface area (TPSA) is 69.5 Å². The Morgan fingerprint density at radius 3 is 2.76 bits per heavy atom. The summed E-state index contributed by atoms with van der Waals surface area (Å²) >= 11 is 0. The number of hydrogen-bond donors (Lipinski definition) is 2. The Morgan fingerprint density at radius 1 is 1.12 bits per heavy atom. The van der Waals surface area contributed by atoms with Crippen LogP contribution >= 0.6 is 0 Å². The summed E-state index contributed by atoms with van der Waals surface area (Å²) < 4.78 is 0. The third kappa shape index (κ3) is 3.03. The summed E-state index contributed by atoms with van der Waals surface area (Å²) in [6.45, 7) is 3.46. The number of phenols is 1. The number of aromatic nitrogens is 2. The fourth-order valence-electron chi connectivity index (χ4n) is 3.39. The van der Waals surface area contributed by atoms with Gasteiger partial charge in [-0.05, 0) is 49.6 Å². The Labute approximate surface area is 146 Å². The van der Waals surface area contributed by atoms with E-state index in [-0.39, 0.29) is 11.9 Å². The van der Waals surface area contributed by atoms with Crippen LogP contribution in [0.15, 0.2) is 42.5 Å². The summed E-state index contributed by atoms with van der Waals surface area (Å²) in [4.78, 5) is 11.6. The van der Waals surface area contributed by atoms with Crippen molar-refractivity contribution in [3.8, 4) is 17.1 Å². The molecule has 0 amide bonds. The van der Waals surface area contributed by atoms with Crippen LogP contribution in [-0.2, 0) is 0 Å². The van der Waals surface area contributed by atoms with Crippen molar-refractivity contribution in [2.24, 2.45) is 0 Å². The number of piperidine rings is 1. The van der Waals surface area contributed by atoms with Gasteiger partial charge in [-0.25, -0.2) is 9.97 Å². The molecule has 2 heterocycles. The minimum atomic E-state index is -0.335. The van der Waals surface area contributed by atoms with Crippen LogP contribution in [0.3, 0.4) is 0 Å². The van der Waals surface area contributed by atoms with Gasteiger partial charge in [0.15, 0.2) is 5.82 Å². The van der Waals surface area contributed by atoms with Crippen molar-refractivity contribution in [1.82, 2.24) is 9.97 Å². The number of nitrogens with zero attached hydrogens (tertiary/aromatic N) is 3. The third-order valence-electron chi connectivity index (χ3n) is 4.67. The Bertz CT molecular complexity index is 926. The zero-order valence-corrected chi connectivity index (χ0v) is 14.2. The van der Waals surface area contributed by atoms with Gasteiger partial charge in [-0.1, -0.05) is 18.2 Å². The van der Waals surface area contributed by atoms with Crippen LogP contribution in [0, 0.1) is 6.92 Å². The van der Waals surface area contributed by atoms with Crippen LogP contribution in [0.25, 0.3) is 22.3 Å². The molecule has 1 fully saturated rings. The summed E-state index contributed by atoms with van der Waals surface area (Å²) in [7, 11) is 0. The van der Waals surface area contributed by atoms with Crippen molar-refractivity contribution < 1.29 is 10.2 Å². The van der Waals surface area contributed by atoms with Crippen LogP contribution < -0.4 is 4.90 Å². The summed E-state index contributed by atoms with van der Waals surface area (Å²) in [6, 6.07) is 13.2. The van der Waals surface area contributed by atoms with E-state index in [1.165, 1.54) is 0 Å². The van der Waals surface area contributed by atoms with Gasteiger partial charge in [0.1, 0.15) is 11.6 Å². The number of rotatable bonds is 2. The average Bonchev–Trinajstić information content (AvgIpc) is 2.61. The third-order valence-corrected chi connectivity index (χ3v) is 4.67. The molecule has 1 aromatic heterocycles. The molecule has 2 N–H and O–H groups in total. The lowest BCUT2D eigenvalue weighted by molar-refractivity contribution is 0.154. The van der Waals surface area contributed by atoms with E-state index in [9.17, 15) is 10.2 Å². The first kappa shape index (κ1) is 15.8. The molecule has 0 bridgehead atoms. The number of para-hydroxylation sites is 1. The second kappa shape index (κ2) is 6.33. The first-order valence-corrected chi connectivity index (χ1v) is 8.61. The molecule has 5 nitrogen and oxygen atoms in total. The van der Waals surface area contributed by atoms with E-state index in [4.69, 9.17) is 4.98 Å². The average molecular weight is 335 g/mol. The Balaban J connectivity index is 1.92. The molecule has 0 radical (unpaired) electrons. The number of aliphatic hydroxyl groups is 1. The molecule has 1 saturated heterocycles. The maximum Gasteiger partial charge on any atom is 0.165 e. The molecule has 3 aromatic rings. The highest BCUT2D eigenvalue weighted by Crippen LogP contribution is 2.32. The van der Waals surface area contributed by atoms with E-state index in [0.717, 1.165) is 41.7 Å². The molecule has 1 aliphatic rings. The largest absolute Gasteiger partial charge is 0.507 e. The molecular weight excluding hydrogens is 314 g/mol. The lowest BCUT2D eigenvalue weighted by atomic mass is 10.1. The number of β-amino-alcohol motifs (C(OH)–C–C–N with tert-alkyl or cyclic N) is 1. The predicted octanol–water partition coefficient (Wildman–Crippen LogP) is 3.27. The molecule has 5 heteroatoms. The number of anilines is 1. The first-order chi connectivity index (χ1) is 12.1. The van der Waals surface area contributed by atoms with Gasteiger partial charge in [-0.2, -0.15) is 0 Å². The maximum absolute atomic E-state index is 10.2. The monoisotopic (exact) mass is 335 g/mol. The Morgan fingerprint density at radius 2 is 1.96 bits per heavy atom. The summed E-state index contributed by atoms with van der Waals surface area (Å²) in [5.41, 5.74) is 2.59. The van der Waals surface area contributed by atoms with Crippen LogP contribution in [-0.4, -0.2) is 39.4 Å². The van der Waals surface area contributed by atoms with Gasteiger partial charge in [0.25, 0.3) is 0 Å². The number of phenolic OH excluding ortho intramolecular Hbond substituents is 1. The van der Waals surface area contributed by atoms with Gasteiger partial charge in [-0.3, -0.25) is 0 Å². The smallest absolute Gasteiger partial charge is 0.165 e. The Kier molecular flexibility index (Phi) is 4.01. The minimum absolute atomic E-state index is 0.166. The second-order valence-electron chi connectivity index (χ2n) is 6.65. The van der Waals surface area contributed by atoms with Crippen molar-refractivity contribution in [2.45, 2.75) is 25.9 Å². The first-order valence-electron chi connectivity index (χ1n) is 8.61. The molecule has 0 aliphatic carbocycles. The maximum atomic E-state index is 10.2. The number of fused-ring (bicyclic) bond motifs is 1. The van der Waals surface area contributed by atoms with E-state index in [2.05, 4.69) is 16.0 Å². The number of hydrogen-bond acceptors (Lipinski definition) is 5. The molecule has 1 aliphatic heterocycles. The van der Waals surface area contributed by atoms with Gasteiger partial charge in [-0.15, -0.1) is 0 Å². The van der Waals surface area contributed by atoms with Gasteiger partial charge in [0.2, 0.25) is 0 Å². The molecule has 1 unspecified atom stereocenters. The molecule has 0 spiro atoms. The van der Waals surface area contributed by atoms with Gasteiger partial charge in [0, 0.05) is 18.5 Å².